The van der Waals surface area contributed by atoms with Crippen molar-refractivity contribution in [3.63, 3.8) is 0 Å². The van der Waals surface area contributed by atoms with E-state index in [2.05, 4.69) is 27.4 Å². The van der Waals surface area contributed by atoms with Crippen LogP contribution in [0.4, 0.5) is 0 Å². The van der Waals surface area contributed by atoms with Crippen molar-refractivity contribution >= 4 is 0 Å². The second-order valence-electron chi connectivity index (χ2n) is 5.28. The number of hydrogen-bond donors (Lipinski definition) is 1. The maximum atomic E-state index is 8.90. The second kappa shape index (κ2) is 6.86. The number of rotatable bonds is 5. The topological polar surface area (TPSA) is 66.5 Å². The number of nitriles is 1. The van der Waals surface area contributed by atoms with Crippen LogP contribution in [0.3, 0.4) is 0 Å². The Hall–Kier alpha value is -2.97. The molecule has 3 aromatic rings. The lowest BCUT2D eigenvalue weighted by Crippen LogP contribution is -2.13. The fourth-order valence-electron chi connectivity index (χ4n) is 2.39. The molecule has 1 aromatic carbocycles. The molecule has 0 radical (unpaired) electrons. The standard InChI is InChI=1S/C18H17N5/c1-14-21-7-8-23(14)18-6-5-17(13-22-18)12-20-11-16-4-2-3-15(9-16)10-19/h2-9,13,20H,11-12H2,1H3. The Morgan fingerprint density at radius 1 is 1.13 bits per heavy atom. The molecule has 0 aliphatic carbocycles. The molecule has 0 unspecified atom stereocenters. The highest BCUT2D eigenvalue weighted by molar-refractivity contribution is 5.32. The maximum absolute atomic E-state index is 8.90. The van der Waals surface area contributed by atoms with Crippen molar-refractivity contribution in [1.82, 2.24) is 19.9 Å². The number of imidazole rings is 1. The smallest absolute Gasteiger partial charge is 0.137 e. The van der Waals surface area contributed by atoms with E-state index in [9.17, 15) is 0 Å². The summed E-state index contributed by atoms with van der Waals surface area (Å²) < 4.78 is 1.95. The van der Waals surface area contributed by atoms with Gasteiger partial charge in [0.2, 0.25) is 0 Å². The molecule has 5 heteroatoms. The van der Waals surface area contributed by atoms with Crippen LogP contribution in [0.15, 0.2) is 55.0 Å². The van der Waals surface area contributed by atoms with Gasteiger partial charge in [0.05, 0.1) is 11.6 Å². The molecular weight excluding hydrogens is 286 g/mol. The molecule has 0 aliphatic heterocycles. The molecular formula is C18H17N5. The third kappa shape index (κ3) is 3.62. The van der Waals surface area contributed by atoms with Crippen LogP contribution in [0.5, 0.6) is 0 Å². The minimum atomic E-state index is 0.686. The van der Waals surface area contributed by atoms with E-state index in [0.29, 0.717) is 5.56 Å². The van der Waals surface area contributed by atoms with Gasteiger partial charge in [-0.05, 0) is 36.2 Å². The summed E-state index contributed by atoms with van der Waals surface area (Å²) in [4.78, 5) is 8.68. The molecule has 0 spiro atoms. The first kappa shape index (κ1) is 14.9. The van der Waals surface area contributed by atoms with Crippen LogP contribution in [0.25, 0.3) is 5.82 Å². The van der Waals surface area contributed by atoms with Gasteiger partial charge >= 0.3 is 0 Å². The predicted octanol–water partition coefficient (Wildman–Crippen LogP) is 2.74. The molecule has 0 saturated heterocycles. The molecule has 0 amide bonds. The summed E-state index contributed by atoms with van der Waals surface area (Å²) in [5, 5.41) is 12.3. The summed E-state index contributed by atoms with van der Waals surface area (Å²) in [6.07, 6.45) is 5.53. The molecule has 0 aliphatic rings. The van der Waals surface area contributed by atoms with Crippen LogP contribution in [-0.2, 0) is 13.1 Å². The summed E-state index contributed by atoms with van der Waals surface area (Å²) in [5.74, 6) is 1.78. The lowest BCUT2D eigenvalue weighted by molar-refractivity contribution is 0.690. The van der Waals surface area contributed by atoms with Gasteiger partial charge < -0.3 is 5.32 Å². The molecule has 2 aromatic heterocycles. The van der Waals surface area contributed by atoms with Crippen molar-refractivity contribution in [2.24, 2.45) is 0 Å². The number of nitrogens with zero attached hydrogens (tertiary/aromatic N) is 4. The highest BCUT2D eigenvalue weighted by atomic mass is 15.1. The number of pyridine rings is 1. The average molecular weight is 303 g/mol. The second-order valence-corrected chi connectivity index (χ2v) is 5.28. The fraction of sp³-hybridized carbons (Fsp3) is 0.167. The number of aromatic nitrogens is 3. The first-order chi connectivity index (χ1) is 11.3. The van der Waals surface area contributed by atoms with E-state index >= 15 is 0 Å². The number of hydrogen-bond acceptors (Lipinski definition) is 4. The number of nitrogens with one attached hydrogen (secondary N) is 1. The van der Waals surface area contributed by atoms with Gasteiger partial charge in [-0.15, -0.1) is 0 Å². The van der Waals surface area contributed by atoms with Crippen LogP contribution in [-0.4, -0.2) is 14.5 Å². The Labute approximate surface area is 135 Å². The van der Waals surface area contributed by atoms with Gasteiger partial charge in [-0.3, -0.25) is 4.57 Å². The third-order valence-electron chi connectivity index (χ3n) is 3.60. The molecule has 23 heavy (non-hydrogen) atoms. The minimum absolute atomic E-state index is 0.686. The lowest BCUT2D eigenvalue weighted by atomic mass is 10.1. The molecule has 0 fully saturated rings. The van der Waals surface area contributed by atoms with Gasteiger partial charge in [-0.1, -0.05) is 18.2 Å². The zero-order valence-electron chi connectivity index (χ0n) is 12.9. The quantitative estimate of drug-likeness (QED) is 0.787. The van der Waals surface area contributed by atoms with Gasteiger partial charge in [-0.2, -0.15) is 5.26 Å². The summed E-state index contributed by atoms with van der Waals surface area (Å²) in [6, 6.07) is 13.8. The molecule has 114 valence electrons. The van der Waals surface area contributed by atoms with E-state index in [1.54, 1.807) is 6.20 Å². The first-order valence-corrected chi connectivity index (χ1v) is 7.41. The van der Waals surface area contributed by atoms with Crippen LogP contribution in [0.1, 0.15) is 22.5 Å². The largest absolute Gasteiger partial charge is 0.309 e. The lowest BCUT2D eigenvalue weighted by Gasteiger charge is -2.07. The molecule has 1 N–H and O–H groups in total. The predicted molar refractivity (Wildman–Crippen MR) is 87.8 cm³/mol. The zero-order valence-corrected chi connectivity index (χ0v) is 12.9. The zero-order chi connectivity index (χ0) is 16.1. The SMILES string of the molecule is Cc1nccn1-c1ccc(CNCc2cccc(C#N)c2)cn1. The van der Waals surface area contributed by atoms with E-state index in [0.717, 1.165) is 35.9 Å². The van der Waals surface area contributed by atoms with Crippen LogP contribution in [0, 0.1) is 18.3 Å². The normalized spacial score (nSPS) is 10.4. The average Bonchev–Trinajstić information content (AvgIpc) is 3.02. The minimum Gasteiger partial charge on any atom is -0.309 e. The number of aryl methyl sites for hydroxylation is 1. The third-order valence-corrected chi connectivity index (χ3v) is 3.60. The van der Waals surface area contributed by atoms with Gasteiger partial charge in [0.15, 0.2) is 0 Å². The first-order valence-electron chi connectivity index (χ1n) is 7.41. The molecule has 2 heterocycles. The highest BCUT2D eigenvalue weighted by Gasteiger charge is 2.02. The van der Waals surface area contributed by atoms with Crippen molar-refractivity contribution in [2.45, 2.75) is 20.0 Å². The highest BCUT2D eigenvalue weighted by Crippen LogP contribution is 2.09. The van der Waals surface area contributed by atoms with E-state index in [1.165, 1.54) is 0 Å². The van der Waals surface area contributed by atoms with Gasteiger partial charge in [0, 0.05) is 31.7 Å². The summed E-state index contributed by atoms with van der Waals surface area (Å²) in [5.41, 5.74) is 2.90. The fourth-order valence-corrected chi connectivity index (χ4v) is 2.39. The van der Waals surface area contributed by atoms with Crippen molar-refractivity contribution in [1.29, 1.82) is 5.26 Å². The molecule has 3 rings (SSSR count). The summed E-state index contributed by atoms with van der Waals surface area (Å²) >= 11 is 0. The van der Waals surface area contributed by atoms with Gasteiger partial charge in [0.25, 0.3) is 0 Å². The summed E-state index contributed by atoms with van der Waals surface area (Å²) in [7, 11) is 0. The van der Waals surface area contributed by atoms with Crippen LogP contribution < -0.4 is 5.32 Å². The van der Waals surface area contributed by atoms with E-state index in [4.69, 9.17) is 5.26 Å². The Morgan fingerprint density at radius 3 is 2.70 bits per heavy atom. The van der Waals surface area contributed by atoms with Crippen molar-refractivity contribution < 1.29 is 0 Å². The molecule has 0 atom stereocenters. The van der Waals surface area contributed by atoms with Crippen molar-refractivity contribution in [2.75, 3.05) is 0 Å². The van der Waals surface area contributed by atoms with Crippen molar-refractivity contribution in [3.8, 4) is 11.9 Å². The van der Waals surface area contributed by atoms with Crippen LogP contribution >= 0.6 is 0 Å². The van der Waals surface area contributed by atoms with Gasteiger partial charge in [-0.25, -0.2) is 9.97 Å². The summed E-state index contributed by atoms with van der Waals surface area (Å²) in [6.45, 7) is 3.40. The monoisotopic (exact) mass is 303 g/mol. The molecule has 0 bridgehead atoms. The maximum Gasteiger partial charge on any atom is 0.137 e. The Balaban J connectivity index is 1.59. The Kier molecular flexibility index (Phi) is 4.46. The van der Waals surface area contributed by atoms with Crippen molar-refractivity contribution in [3.05, 3.63) is 77.5 Å². The molecule has 0 saturated carbocycles. The van der Waals surface area contributed by atoms with Gasteiger partial charge in [0.1, 0.15) is 11.6 Å². The Bertz CT molecular complexity index is 827. The molecule has 5 nitrogen and oxygen atoms in total. The van der Waals surface area contributed by atoms with E-state index < -0.39 is 0 Å². The van der Waals surface area contributed by atoms with Crippen LogP contribution in [0.2, 0.25) is 0 Å². The Morgan fingerprint density at radius 2 is 2.00 bits per heavy atom. The van der Waals surface area contributed by atoms with E-state index in [1.807, 2.05) is 54.2 Å². The van der Waals surface area contributed by atoms with E-state index in [-0.39, 0.29) is 0 Å². The number of benzene rings is 1.